The highest BCUT2D eigenvalue weighted by Crippen LogP contribution is 2.30. The number of carbonyl (C=O) groups is 1. The molecule has 1 N–H and O–H groups in total. The molecule has 0 aromatic heterocycles. The van der Waals surface area contributed by atoms with E-state index < -0.39 is 0 Å². The quantitative estimate of drug-likeness (QED) is 0.781. The summed E-state index contributed by atoms with van der Waals surface area (Å²) in [6.07, 6.45) is 2.34. The zero-order valence-corrected chi connectivity index (χ0v) is 17.0. The minimum Gasteiger partial charge on any atom is -0.486 e. The van der Waals surface area contributed by atoms with Crippen LogP contribution in [0.3, 0.4) is 0 Å². The molecule has 2 aromatic carbocycles. The highest BCUT2D eigenvalue weighted by Gasteiger charge is 2.21. The molecule has 1 saturated heterocycles. The van der Waals surface area contributed by atoms with Crippen molar-refractivity contribution in [3.05, 3.63) is 54.1 Å². The molecule has 0 saturated carbocycles. The van der Waals surface area contributed by atoms with Gasteiger partial charge in [-0.3, -0.25) is 9.69 Å². The molecule has 2 aliphatic heterocycles. The van der Waals surface area contributed by atoms with Gasteiger partial charge in [0, 0.05) is 25.3 Å². The first-order valence-corrected chi connectivity index (χ1v) is 10.4. The molecule has 1 atom stereocenters. The smallest absolute Gasteiger partial charge is 0.234 e. The molecule has 1 fully saturated rings. The number of amides is 1. The van der Waals surface area contributed by atoms with Crippen molar-refractivity contribution in [3.8, 4) is 11.5 Å². The van der Waals surface area contributed by atoms with E-state index in [1.54, 1.807) is 0 Å². The molecule has 0 radical (unpaired) electrons. The van der Waals surface area contributed by atoms with Gasteiger partial charge in [-0.25, -0.2) is 0 Å². The second-order valence-corrected chi connectivity index (χ2v) is 7.80. The highest BCUT2D eigenvalue weighted by atomic mass is 16.6. The van der Waals surface area contributed by atoms with Gasteiger partial charge in [-0.2, -0.15) is 0 Å². The Balaban J connectivity index is 1.25. The number of nitrogens with zero attached hydrogens (tertiary/aromatic N) is 2. The zero-order chi connectivity index (χ0) is 20.1. The summed E-state index contributed by atoms with van der Waals surface area (Å²) >= 11 is 0. The zero-order valence-electron chi connectivity index (χ0n) is 17.0. The minimum absolute atomic E-state index is 0.00591. The van der Waals surface area contributed by atoms with E-state index in [1.807, 2.05) is 31.3 Å². The van der Waals surface area contributed by atoms with Crippen LogP contribution in [0.25, 0.3) is 0 Å². The third-order valence-corrected chi connectivity index (χ3v) is 5.39. The van der Waals surface area contributed by atoms with E-state index in [1.165, 1.54) is 24.1 Å². The summed E-state index contributed by atoms with van der Waals surface area (Å²) in [4.78, 5) is 16.9. The largest absolute Gasteiger partial charge is 0.486 e. The first-order chi connectivity index (χ1) is 14.2. The van der Waals surface area contributed by atoms with Gasteiger partial charge in [0.05, 0.1) is 13.1 Å². The van der Waals surface area contributed by atoms with Crippen LogP contribution in [-0.2, 0) is 11.3 Å². The van der Waals surface area contributed by atoms with Gasteiger partial charge in [0.25, 0.3) is 0 Å². The SMILES string of the molecule is CN(CC(=O)NC[C@H]1COc2ccccc2O1)Cc1ccccc1N1CCCC1. The first kappa shape index (κ1) is 19.6. The maximum absolute atomic E-state index is 12.4. The molecule has 29 heavy (non-hydrogen) atoms. The lowest BCUT2D eigenvalue weighted by atomic mass is 10.1. The van der Waals surface area contributed by atoms with Gasteiger partial charge in [0.15, 0.2) is 11.5 Å². The van der Waals surface area contributed by atoms with E-state index in [-0.39, 0.29) is 12.0 Å². The molecule has 0 unspecified atom stereocenters. The number of benzene rings is 2. The number of para-hydroxylation sites is 3. The second kappa shape index (κ2) is 9.18. The highest BCUT2D eigenvalue weighted by molar-refractivity contribution is 5.78. The van der Waals surface area contributed by atoms with E-state index in [2.05, 4.69) is 39.4 Å². The maximum atomic E-state index is 12.4. The Hall–Kier alpha value is -2.73. The summed E-state index contributed by atoms with van der Waals surface area (Å²) < 4.78 is 11.6. The number of nitrogens with one attached hydrogen (secondary N) is 1. The summed E-state index contributed by atoms with van der Waals surface area (Å²) in [7, 11) is 1.98. The molecule has 6 heteroatoms. The summed E-state index contributed by atoms with van der Waals surface area (Å²) in [5.74, 6) is 1.48. The van der Waals surface area contributed by atoms with Gasteiger partial charge in [-0.15, -0.1) is 0 Å². The summed E-state index contributed by atoms with van der Waals surface area (Å²) in [5.41, 5.74) is 2.56. The van der Waals surface area contributed by atoms with E-state index in [0.29, 0.717) is 19.7 Å². The lowest BCUT2D eigenvalue weighted by Gasteiger charge is -2.27. The normalized spacial score (nSPS) is 18.1. The van der Waals surface area contributed by atoms with Gasteiger partial charge in [-0.05, 0) is 43.7 Å². The van der Waals surface area contributed by atoms with Crippen LogP contribution in [0.15, 0.2) is 48.5 Å². The third-order valence-electron chi connectivity index (χ3n) is 5.39. The van der Waals surface area contributed by atoms with E-state index in [9.17, 15) is 4.79 Å². The Bertz CT molecular complexity index is 836. The van der Waals surface area contributed by atoms with E-state index in [4.69, 9.17) is 9.47 Å². The van der Waals surface area contributed by atoms with Crippen LogP contribution < -0.4 is 19.7 Å². The van der Waals surface area contributed by atoms with Crippen molar-refractivity contribution >= 4 is 11.6 Å². The first-order valence-electron chi connectivity index (χ1n) is 10.4. The summed E-state index contributed by atoms with van der Waals surface area (Å²) in [6, 6.07) is 16.1. The molecule has 6 nitrogen and oxygen atoms in total. The molecule has 0 bridgehead atoms. The average Bonchev–Trinajstić information content (AvgIpc) is 3.27. The lowest BCUT2D eigenvalue weighted by molar-refractivity contribution is -0.122. The predicted octanol–water partition coefficient (Wildman–Crippen LogP) is 2.67. The number of anilines is 1. The van der Waals surface area contributed by atoms with Crippen molar-refractivity contribution in [1.82, 2.24) is 10.2 Å². The van der Waals surface area contributed by atoms with Crippen molar-refractivity contribution in [2.24, 2.45) is 0 Å². The third kappa shape index (κ3) is 5.01. The fourth-order valence-electron chi connectivity index (χ4n) is 3.95. The molecule has 0 spiro atoms. The molecule has 2 aliphatic rings. The van der Waals surface area contributed by atoms with Gasteiger partial charge in [0.2, 0.25) is 5.91 Å². The molecule has 2 aromatic rings. The number of carbonyl (C=O) groups excluding carboxylic acids is 1. The molecular formula is C23H29N3O3. The second-order valence-electron chi connectivity index (χ2n) is 7.80. The molecule has 0 aliphatic carbocycles. The van der Waals surface area contributed by atoms with Crippen molar-refractivity contribution in [2.45, 2.75) is 25.5 Å². The maximum Gasteiger partial charge on any atom is 0.234 e. The average molecular weight is 396 g/mol. The van der Waals surface area contributed by atoms with Crippen LogP contribution in [0.5, 0.6) is 11.5 Å². The molecule has 154 valence electrons. The Morgan fingerprint density at radius 3 is 2.66 bits per heavy atom. The van der Waals surface area contributed by atoms with Crippen molar-refractivity contribution in [2.75, 3.05) is 44.7 Å². The number of fused-ring (bicyclic) bond motifs is 1. The Labute approximate surface area is 172 Å². The van der Waals surface area contributed by atoms with E-state index in [0.717, 1.165) is 31.1 Å². The Morgan fingerprint density at radius 1 is 1.10 bits per heavy atom. The fourth-order valence-corrected chi connectivity index (χ4v) is 3.95. The van der Waals surface area contributed by atoms with Crippen LogP contribution in [0.1, 0.15) is 18.4 Å². The standard InChI is InChI=1S/C23H29N3O3/c1-25(15-18-8-2-3-9-20(18)26-12-6-7-13-26)16-23(27)24-14-19-17-28-21-10-4-5-11-22(21)29-19/h2-5,8-11,19H,6-7,12-17H2,1H3,(H,24,27)/t19-/m0/s1. The van der Waals surface area contributed by atoms with Crippen molar-refractivity contribution < 1.29 is 14.3 Å². The molecule has 2 heterocycles. The van der Waals surface area contributed by atoms with Crippen LogP contribution in [0.2, 0.25) is 0 Å². The molecular weight excluding hydrogens is 366 g/mol. The van der Waals surface area contributed by atoms with Crippen molar-refractivity contribution in [3.63, 3.8) is 0 Å². The van der Waals surface area contributed by atoms with Gasteiger partial charge in [0.1, 0.15) is 12.7 Å². The fraction of sp³-hybridized carbons (Fsp3) is 0.435. The lowest BCUT2D eigenvalue weighted by Crippen LogP contribution is -2.43. The number of likely N-dealkylation sites (N-methyl/N-ethyl adjacent to an activating group) is 1. The number of rotatable bonds is 7. The van der Waals surface area contributed by atoms with Crippen LogP contribution in [-0.4, -0.2) is 56.7 Å². The minimum atomic E-state index is -0.171. The topological polar surface area (TPSA) is 54.0 Å². The number of hydrogen-bond acceptors (Lipinski definition) is 5. The van der Waals surface area contributed by atoms with Gasteiger partial charge in [-0.1, -0.05) is 30.3 Å². The Kier molecular flexibility index (Phi) is 6.20. The molecule has 4 rings (SSSR count). The molecule has 1 amide bonds. The van der Waals surface area contributed by atoms with Gasteiger partial charge >= 0.3 is 0 Å². The predicted molar refractivity (Wildman–Crippen MR) is 114 cm³/mol. The van der Waals surface area contributed by atoms with Crippen LogP contribution >= 0.6 is 0 Å². The summed E-state index contributed by atoms with van der Waals surface area (Å²) in [6.45, 7) is 4.21. The van der Waals surface area contributed by atoms with Gasteiger partial charge < -0.3 is 19.7 Å². The number of hydrogen-bond donors (Lipinski definition) is 1. The van der Waals surface area contributed by atoms with E-state index >= 15 is 0 Å². The van der Waals surface area contributed by atoms with Crippen LogP contribution in [0, 0.1) is 0 Å². The van der Waals surface area contributed by atoms with Crippen molar-refractivity contribution in [1.29, 1.82) is 0 Å². The monoisotopic (exact) mass is 395 g/mol. The van der Waals surface area contributed by atoms with Crippen LogP contribution in [0.4, 0.5) is 5.69 Å². The Morgan fingerprint density at radius 2 is 1.83 bits per heavy atom. The number of ether oxygens (including phenoxy) is 2. The summed E-state index contributed by atoms with van der Waals surface area (Å²) in [5, 5.41) is 2.97.